The molecule has 3 saturated heterocycles. The van der Waals surface area contributed by atoms with Gasteiger partial charge in [-0.3, -0.25) is 10.0 Å². The van der Waals surface area contributed by atoms with Gasteiger partial charge in [0.25, 0.3) is 0 Å². The maximum Gasteiger partial charge on any atom is 0.407 e. The SMILES string of the molecule is CC(C)(C)C1CC(NC(=O)[C@@H]2CC[C@@H]3CN2C(=O)N3O)CCN1C(=O)O. The van der Waals surface area contributed by atoms with E-state index in [4.69, 9.17) is 0 Å². The van der Waals surface area contributed by atoms with E-state index in [0.717, 1.165) is 5.06 Å². The molecule has 3 rings (SSSR count). The number of hydrogen-bond acceptors (Lipinski definition) is 4. The van der Waals surface area contributed by atoms with Gasteiger partial charge in [-0.05, 0) is 31.1 Å². The molecule has 0 spiro atoms. The van der Waals surface area contributed by atoms with Crippen LogP contribution in [0.1, 0.15) is 46.5 Å². The van der Waals surface area contributed by atoms with Crippen molar-refractivity contribution in [1.29, 1.82) is 0 Å². The molecule has 2 bridgehead atoms. The van der Waals surface area contributed by atoms with Gasteiger partial charge in [0.2, 0.25) is 5.91 Å². The number of piperidine rings is 2. The molecular formula is C17H28N4O5. The minimum Gasteiger partial charge on any atom is -0.465 e. The Bertz CT molecular complexity index is 604. The summed E-state index contributed by atoms with van der Waals surface area (Å²) in [5, 5.41) is 22.9. The van der Waals surface area contributed by atoms with Crippen molar-refractivity contribution in [2.45, 2.75) is 70.6 Å². The van der Waals surface area contributed by atoms with Gasteiger partial charge in [0.1, 0.15) is 6.04 Å². The van der Waals surface area contributed by atoms with Crippen molar-refractivity contribution in [2.24, 2.45) is 5.41 Å². The Morgan fingerprint density at radius 2 is 1.88 bits per heavy atom. The van der Waals surface area contributed by atoms with Crippen molar-refractivity contribution < 1.29 is 24.7 Å². The molecule has 3 aliphatic heterocycles. The summed E-state index contributed by atoms with van der Waals surface area (Å²) in [6.45, 7) is 6.74. The number of rotatable bonds is 2. The predicted octanol–water partition coefficient (Wildman–Crippen LogP) is 1.32. The summed E-state index contributed by atoms with van der Waals surface area (Å²) in [6, 6.07) is -1.61. The highest BCUT2D eigenvalue weighted by atomic mass is 16.5. The highest BCUT2D eigenvalue weighted by Crippen LogP contribution is 2.33. The number of hydroxylamine groups is 2. The summed E-state index contributed by atoms with van der Waals surface area (Å²) < 4.78 is 0. The zero-order valence-electron chi connectivity index (χ0n) is 15.5. The molecule has 0 aromatic carbocycles. The molecule has 0 radical (unpaired) electrons. The van der Waals surface area contributed by atoms with Gasteiger partial charge in [-0.2, -0.15) is 0 Å². The van der Waals surface area contributed by atoms with E-state index in [1.165, 1.54) is 9.80 Å². The Morgan fingerprint density at radius 3 is 2.50 bits per heavy atom. The molecule has 0 saturated carbocycles. The highest BCUT2D eigenvalue weighted by Gasteiger charge is 2.47. The lowest BCUT2D eigenvalue weighted by molar-refractivity contribution is -0.127. The first-order chi connectivity index (χ1) is 12.1. The van der Waals surface area contributed by atoms with E-state index in [1.54, 1.807) is 0 Å². The van der Waals surface area contributed by atoms with Gasteiger partial charge in [0.15, 0.2) is 0 Å². The molecule has 3 fully saturated rings. The van der Waals surface area contributed by atoms with Gasteiger partial charge in [0, 0.05) is 25.2 Å². The van der Waals surface area contributed by atoms with Gasteiger partial charge in [-0.15, -0.1) is 0 Å². The lowest BCUT2D eigenvalue weighted by atomic mass is 9.79. The summed E-state index contributed by atoms with van der Waals surface area (Å²) in [4.78, 5) is 39.2. The molecule has 146 valence electrons. The number of hydrogen-bond donors (Lipinski definition) is 3. The smallest absolute Gasteiger partial charge is 0.407 e. The van der Waals surface area contributed by atoms with Crippen molar-refractivity contribution in [3.8, 4) is 0 Å². The number of carboxylic acid groups (broad SMARTS) is 1. The maximum absolute atomic E-state index is 12.7. The molecule has 26 heavy (non-hydrogen) atoms. The van der Waals surface area contributed by atoms with Crippen LogP contribution in [0.2, 0.25) is 0 Å². The molecule has 3 N–H and O–H groups in total. The van der Waals surface area contributed by atoms with Crippen LogP contribution in [0.5, 0.6) is 0 Å². The number of likely N-dealkylation sites (tertiary alicyclic amines) is 1. The van der Waals surface area contributed by atoms with E-state index in [9.17, 15) is 24.7 Å². The third kappa shape index (κ3) is 3.32. The van der Waals surface area contributed by atoms with Crippen molar-refractivity contribution in [1.82, 2.24) is 20.2 Å². The molecular weight excluding hydrogens is 340 g/mol. The average Bonchev–Trinajstić information content (AvgIpc) is 2.78. The molecule has 0 aromatic rings. The van der Waals surface area contributed by atoms with Crippen LogP contribution in [0.25, 0.3) is 0 Å². The standard InChI is InChI=1S/C17H28N4O5/c1-17(2,3)13-8-10(6-7-19(13)16(24)25)18-14(22)12-5-4-11-9-20(12)15(23)21(11)26/h10-13,26H,4-9H2,1-3H3,(H,18,22)(H,24,25)/t10?,11-,12+,13?/m1/s1. The van der Waals surface area contributed by atoms with Crippen molar-refractivity contribution >= 4 is 18.0 Å². The fraction of sp³-hybridized carbons (Fsp3) is 0.824. The van der Waals surface area contributed by atoms with Crippen LogP contribution in [0, 0.1) is 5.41 Å². The number of nitrogens with zero attached hydrogens (tertiary/aromatic N) is 3. The summed E-state index contributed by atoms with van der Waals surface area (Å²) in [6.07, 6.45) is 1.30. The topological polar surface area (TPSA) is 113 Å². The molecule has 0 aliphatic carbocycles. The first kappa shape index (κ1) is 18.8. The Labute approximate surface area is 152 Å². The molecule has 3 heterocycles. The normalized spacial score (nSPS) is 32.0. The minimum atomic E-state index is -0.932. The maximum atomic E-state index is 12.7. The summed E-state index contributed by atoms with van der Waals surface area (Å²) in [5.74, 6) is -0.214. The molecule has 9 heteroatoms. The van der Waals surface area contributed by atoms with Gasteiger partial charge >= 0.3 is 12.1 Å². The zero-order valence-corrected chi connectivity index (χ0v) is 15.5. The lowest BCUT2D eigenvalue weighted by Gasteiger charge is -2.45. The number of nitrogens with one attached hydrogen (secondary N) is 1. The second-order valence-corrected chi connectivity index (χ2v) is 8.61. The van der Waals surface area contributed by atoms with Crippen LogP contribution < -0.4 is 5.32 Å². The number of urea groups is 1. The first-order valence-electron chi connectivity index (χ1n) is 9.18. The summed E-state index contributed by atoms with van der Waals surface area (Å²) in [7, 11) is 0. The Balaban J connectivity index is 1.65. The van der Waals surface area contributed by atoms with E-state index < -0.39 is 18.2 Å². The first-order valence-corrected chi connectivity index (χ1v) is 9.18. The second-order valence-electron chi connectivity index (χ2n) is 8.61. The van der Waals surface area contributed by atoms with Crippen LogP contribution in [0.4, 0.5) is 9.59 Å². The van der Waals surface area contributed by atoms with E-state index in [1.807, 2.05) is 20.8 Å². The molecule has 4 amide bonds. The van der Waals surface area contributed by atoms with Gasteiger partial charge in [0.05, 0.1) is 6.04 Å². The third-order valence-corrected chi connectivity index (χ3v) is 5.84. The van der Waals surface area contributed by atoms with Crippen molar-refractivity contribution in [2.75, 3.05) is 13.1 Å². The second kappa shape index (κ2) is 6.61. The molecule has 2 unspecified atom stereocenters. The van der Waals surface area contributed by atoms with E-state index in [-0.39, 0.29) is 29.4 Å². The van der Waals surface area contributed by atoms with Crippen LogP contribution in [0.15, 0.2) is 0 Å². The van der Waals surface area contributed by atoms with Gasteiger partial charge < -0.3 is 20.2 Å². The number of carbonyl (C=O) groups is 3. The number of amides is 4. The van der Waals surface area contributed by atoms with Gasteiger partial charge in [-0.1, -0.05) is 20.8 Å². The van der Waals surface area contributed by atoms with Crippen LogP contribution >= 0.6 is 0 Å². The summed E-state index contributed by atoms with van der Waals surface area (Å²) in [5.41, 5.74) is -0.234. The van der Waals surface area contributed by atoms with E-state index >= 15 is 0 Å². The monoisotopic (exact) mass is 368 g/mol. The quantitative estimate of drug-likeness (QED) is 0.636. The largest absolute Gasteiger partial charge is 0.465 e. The molecule has 4 atom stereocenters. The van der Waals surface area contributed by atoms with Crippen molar-refractivity contribution in [3.63, 3.8) is 0 Å². The van der Waals surface area contributed by atoms with Crippen LogP contribution in [-0.2, 0) is 4.79 Å². The van der Waals surface area contributed by atoms with Crippen LogP contribution in [0.3, 0.4) is 0 Å². The predicted molar refractivity (Wildman–Crippen MR) is 91.7 cm³/mol. The number of fused-ring (bicyclic) bond motifs is 2. The Kier molecular flexibility index (Phi) is 4.76. The molecule has 9 nitrogen and oxygen atoms in total. The Hall–Kier alpha value is -2.03. The average molecular weight is 368 g/mol. The zero-order chi connectivity index (χ0) is 19.2. The molecule has 0 aromatic heterocycles. The van der Waals surface area contributed by atoms with Gasteiger partial charge in [-0.25, -0.2) is 14.7 Å². The minimum absolute atomic E-state index is 0.122. The lowest BCUT2D eigenvalue weighted by Crippen LogP contribution is -2.58. The fourth-order valence-electron chi connectivity index (χ4n) is 4.37. The van der Waals surface area contributed by atoms with Crippen molar-refractivity contribution in [3.05, 3.63) is 0 Å². The summed E-state index contributed by atoms with van der Waals surface area (Å²) >= 11 is 0. The molecule has 3 aliphatic rings. The third-order valence-electron chi connectivity index (χ3n) is 5.84. The highest BCUT2D eigenvalue weighted by molar-refractivity contribution is 5.88. The number of carbonyl (C=O) groups excluding carboxylic acids is 2. The van der Waals surface area contributed by atoms with E-state index in [2.05, 4.69) is 5.32 Å². The van der Waals surface area contributed by atoms with E-state index in [0.29, 0.717) is 38.8 Å². The Morgan fingerprint density at radius 1 is 1.19 bits per heavy atom. The van der Waals surface area contributed by atoms with Crippen LogP contribution in [-0.4, -0.2) is 80.5 Å². The fourth-order valence-corrected chi connectivity index (χ4v) is 4.37.